The first-order valence-corrected chi connectivity index (χ1v) is 8.46. The third-order valence-corrected chi connectivity index (χ3v) is 4.20. The van der Waals surface area contributed by atoms with Gasteiger partial charge in [0.15, 0.2) is 11.5 Å². The first-order valence-electron chi connectivity index (χ1n) is 8.46. The minimum atomic E-state index is -0.502. The highest BCUT2D eigenvalue weighted by Crippen LogP contribution is 2.22. The maximum absolute atomic E-state index is 12.4. The number of amides is 2. The minimum Gasteiger partial charge on any atom is -0.461 e. The van der Waals surface area contributed by atoms with E-state index in [1.54, 1.807) is 17.0 Å². The molecule has 0 atom stereocenters. The van der Waals surface area contributed by atoms with Gasteiger partial charge in [-0.25, -0.2) is 4.79 Å². The monoisotopic (exact) mass is 367 g/mol. The molecule has 27 heavy (non-hydrogen) atoms. The molecule has 0 bridgehead atoms. The van der Waals surface area contributed by atoms with Crippen molar-refractivity contribution in [1.29, 1.82) is 0 Å². The highest BCUT2D eigenvalue weighted by Gasteiger charge is 2.34. The lowest BCUT2D eigenvalue weighted by molar-refractivity contribution is 0.0535. The van der Waals surface area contributed by atoms with E-state index in [4.69, 9.17) is 13.7 Å². The standard InChI is InChI=1S/C19H17N3O5/c23-18(15-9-17(27-21-15)16-7-4-8-25-16)22-10-14(11-22)20-19(24)26-12-13-5-2-1-3-6-13/h1-9,14H,10-12H2,(H,20,24). The number of furan rings is 1. The highest BCUT2D eigenvalue weighted by atomic mass is 16.5. The molecule has 8 heteroatoms. The van der Waals surface area contributed by atoms with E-state index in [9.17, 15) is 9.59 Å². The first-order chi connectivity index (χ1) is 13.2. The van der Waals surface area contributed by atoms with Crippen LogP contribution in [0.2, 0.25) is 0 Å². The largest absolute Gasteiger partial charge is 0.461 e. The summed E-state index contributed by atoms with van der Waals surface area (Å²) in [6.07, 6.45) is 1.01. The number of nitrogens with zero attached hydrogens (tertiary/aromatic N) is 2. The molecule has 0 aliphatic carbocycles. The zero-order valence-electron chi connectivity index (χ0n) is 14.3. The predicted molar refractivity (Wildman–Crippen MR) is 93.7 cm³/mol. The molecule has 1 aliphatic rings. The van der Waals surface area contributed by atoms with E-state index in [1.807, 2.05) is 30.3 Å². The number of alkyl carbamates (subject to hydrolysis) is 1. The van der Waals surface area contributed by atoms with Gasteiger partial charge < -0.3 is 23.9 Å². The van der Waals surface area contributed by atoms with Crippen molar-refractivity contribution in [2.24, 2.45) is 0 Å². The molecule has 2 amide bonds. The summed E-state index contributed by atoms with van der Waals surface area (Å²) in [5, 5.41) is 6.52. The lowest BCUT2D eigenvalue weighted by Gasteiger charge is -2.38. The van der Waals surface area contributed by atoms with E-state index in [-0.39, 0.29) is 24.2 Å². The Labute approximate surface area is 154 Å². The fourth-order valence-electron chi connectivity index (χ4n) is 2.74. The molecule has 1 saturated heterocycles. The summed E-state index contributed by atoms with van der Waals surface area (Å²) in [5.41, 5.74) is 1.11. The van der Waals surface area contributed by atoms with Crippen molar-refractivity contribution in [2.45, 2.75) is 12.6 Å². The molecule has 1 fully saturated rings. The number of carbonyl (C=O) groups is 2. The van der Waals surface area contributed by atoms with Gasteiger partial charge in [-0.3, -0.25) is 4.79 Å². The Morgan fingerprint density at radius 2 is 1.96 bits per heavy atom. The summed E-state index contributed by atoms with van der Waals surface area (Å²) in [5.74, 6) is 0.640. The van der Waals surface area contributed by atoms with Crippen molar-refractivity contribution in [3.05, 3.63) is 66.1 Å². The normalized spacial score (nSPS) is 13.9. The Bertz CT molecular complexity index is 914. The zero-order chi connectivity index (χ0) is 18.6. The van der Waals surface area contributed by atoms with Gasteiger partial charge in [0.1, 0.15) is 6.61 Å². The highest BCUT2D eigenvalue weighted by molar-refractivity contribution is 5.93. The Kier molecular flexibility index (Phi) is 4.61. The number of aromatic nitrogens is 1. The number of ether oxygens (including phenoxy) is 1. The van der Waals surface area contributed by atoms with Crippen LogP contribution in [0.25, 0.3) is 11.5 Å². The Morgan fingerprint density at radius 1 is 1.15 bits per heavy atom. The third-order valence-electron chi connectivity index (χ3n) is 4.20. The van der Waals surface area contributed by atoms with Crippen molar-refractivity contribution in [3.8, 4) is 11.5 Å². The summed E-state index contributed by atoms with van der Waals surface area (Å²) >= 11 is 0. The van der Waals surface area contributed by atoms with Gasteiger partial charge in [-0.05, 0) is 17.7 Å². The molecule has 0 saturated carbocycles. The lowest BCUT2D eigenvalue weighted by Crippen LogP contribution is -2.61. The van der Waals surface area contributed by atoms with Crippen LogP contribution in [0.4, 0.5) is 4.79 Å². The summed E-state index contributed by atoms with van der Waals surface area (Å²) < 4.78 is 15.5. The van der Waals surface area contributed by atoms with Crippen molar-refractivity contribution in [2.75, 3.05) is 13.1 Å². The molecule has 4 rings (SSSR count). The average Bonchev–Trinajstić information content (AvgIpc) is 3.34. The predicted octanol–water partition coefficient (Wildman–Crippen LogP) is 2.69. The van der Waals surface area contributed by atoms with E-state index in [2.05, 4.69) is 10.5 Å². The van der Waals surface area contributed by atoms with Crippen LogP contribution >= 0.6 is 0 Å². The molecule has 3 heterocycles. The molecule has 0 unspecified atom stereocenters. The van der Waals surface area contributed by atoms with Gasteiger partial charge in [-0.15, -0.1) is 0 Å². The fraction of sp³-hybridized carbons (Fsp3) is 0.211. The second-order valence-corrected chi connectivity index (χ2v) is 6.17. The van der Waals surface area contributed by atoms with Gasteiger partial charge in [0, 0.05) is 19.2 Å². The van der Waals surface area contributed by atoms with Gasteiger partial charge in [0.25, 0.3) is 5.91 Å². The number of hydrogen-bond acceptors (Lipinski definition) is 6. The second kappa shape index (κ2) is 7.36. The van der Waals surface area contributed by atoms with E-state index >= 15 is 0 Å². The topological polar surface area (TPSA) is 97.8 Å². The van der Waals surface area contributed by atoms with Crippen LogP contribution in [0.3, 0.4) is 0 Å². The summed E-state index contributed by atoms with van der Waals surface area (Å²) in [6, 6.07) is 14.3. The van der Waals surface area contributed by atoms with Gasteiger partial charge in [-0.1, -0.05) is 35.5 Å². The SMILES string of the molecule is O=C(NC1CN(C(=O)c2cc(-c3ccco3)on2)C1)OCc1ccccc1. The van der Waals surface area contributed by atoms with E-state index in [0.717, 1.165) is 5.56 Å². The molecule has 1 aromatic carbocycles. The van der Waals surface area contributed by atoms with Crippen molar-refractivity contribution in [1.82, 2.24) is 15.4 Å². The van der Waals surface area contributed by atoms with Gasteiger partial charge in [-0.2, -0.15) is 0 Å². The van der Waals surface area contributed by atoms with Crippen LogP contribution in [0, 0.1) is 0 Å². The smallest absolute Gasteiger partial charge is 0.407 e. The third kappa shape index (κ3) is 3.84. The molecule has 138 valence electrons. The molecule has 0 spiro atoms. The second-order valence-electron chi connectivity index (χ2n) is 6.17. The Morgan fingerprint density at radius 3 is 2.70 bits per heavy atom. The number of hydrogen-bond donors (Lipinski definition) is 1. The maximum atomic E-state index is 12.4. The number of likely N-dealkylation sites (tertiary alicyclic amines) is 1. The molecular formula is C19H17N3O5. The molecule has 2 aromatic heterocycles. The van der Waals surface area contributed by atoms with E-state index < -0.39 is 6.09 Å². The first kappa shape index (κ1) is 16.9. The fourth-order valence-corrected chi connectivity index (χ4v) is 2.74. The summed E-state index contributed by atoms with van der Waals surface area (Å²) in [6.45, 7) is 0.987. The minimum absolute atomic E-state index is 0.145. The average molecular weight is 367 g/mol. The molecule has 1 N–H and O–H groups in total. The van der Waals surface area contributed by atoms with Crippen LogP contribution in [0.5, 0.6) is 0 Å². The van der Waals surface area contributed by atoms with Crippen LogP contribution in [0.1, 0.15) is 16.1 Å². The molecule has 8 nitrogen and oxygen atoms in total. The number of nitrogens with one attached hydrogen (secondary N) is 1. The molecule has 1 aliphatic heterocycles. The van der Waals surface area contributed by atoms with Crippen molar-refractivity contribution in [3.63, 3.8) is 0 Å². The van der Waals surface area contributed by atoms with Gasteiger partial charge >= 0.3 is 6.09 Å². The molecular weight excluding hydrogens is 350 g/mol. The van der Waals surface area contributed by atoms with Crippen LogP contribution in [-0.4, -0.2) is 41.2 Å². The number of rotatable bonds is 5. The Hall–Kier alpha value is -3.55. The Balaban J connectivity index is 1.23. The van der Waals surface area contributed by atoms with Crippen LogP contribution in [0.15, 0.2) is 63.7 Å². The maximum Gasteiger partial charge on any atom is 0.407 e. The van der Waals surface area contributed by atoms with Crippen LogP contribution < -0.4 is 5.32 Å². The van der Waals surface area contributed by atoms with Gasteiger partial charge in [0.05, 0.1) is 12.3 Å². The van der Waals surface area contributed by atoms with Crippen LogP contribution in [-0.2, 0) is 11.3 Å². The summed E-state index contributed by atoms with van der Waals surface area (Å²) in [4.78, 5) is 25.8. The van der Waals surface area contributed by atoms with Crippen molar-refractivity contribution >= 4 is 12.0 Å². The number of carbonyl (C=O) groups excluding carboxylic acids is 2. The van der Waals surface area contributed by atoms with Crippen molar-refractivity contribution < 1.29 is 23.3 Å². The van der Waals surface area contributed by atoms with E-state index in [0.29, 0.717) is 24.6 Å². The lowest BCUT2D eigenvalue weighted by atomic mass is 10.1. The zero-order valence-corrected chi connectivity index (χ0v) is 14.3. The number of benzene rings is 1. The molecule has 0 radical (unpaired) electrons. The summed E-state index contributed by atoms with van der Waals surface area (Å²) in [7, 11) is 0. The van der Waals surface area contributed by atoms with E-state index in [1.165, 1.54) is 12.3 Å². The molecule has 3 aromatic rings. The van der Waals surface area contributed by atoms with Gasteiger partial charge in [0.2, 0.25) is 5.76 Å². The quantitative estimate of drug-likeness (QED) is 0.745.